The molecule has 0 saturated carbocycles. The molecule has 1 aromatic heterocycles. The molecule has 0 spiro atoms. The van der Waals surface area contributed by atoms with Gasteiger partial charge in [0.25, 0.3) is 0 Å². The molecular formula is C12H19NO. The minimum atomic E-state index is 0.0404. The van der Waals surface area contributed by atoms with Crippen molar-refractivity contribution in [3.63, 3.8) is 0 Å². The lowest BCUT2D eigenvalue weighted by molar-refractivity contribution is 0.0975. The third-order valence-corrected chi connectivity index (χ3v) is 2.31. The Labute approximate surface area is 85.7 Å². The second-order valence-electron chi connectivity index (χ2n) is 4.69. The highest BCUT2D eigenvalue weighted by molar-refractivity contribution is 5.96. The van der Waals surface area contributed by atoms with Gasteiger partial charge in [-0.15, -0.1) is 0 Å². The number of nitrogens with one attached hydrogen (secondary N) is 1. The molecule has 0 fully saturated rings. The Kier molecular flexibility index (Phi) is 3.14. The van der Waals surface area contributed by atoms with Crippen molar-refractivity contribution in [3.05, 3.63) is 23.5 Å². The molecule has 0 aliphatic heterocycles. The third-order valence-electron chi connectivity index (χ3n) is 2.31. The molecule has 0 radical (unpaired) electrons. The van der Waals surface area contributed by atoms with Gasteiger partial charge in [-0.25, -0.2) is 0 Å². The van der Waals surface area contributed by atoms with E-state index >= 15 is 0 Å². The SMILES string of the molecule is CCCC(=O)c1[nH]ccc1C(C)(C)C. The lowest BCUT2D eigenvalue weighted by atomic mass is 9.86. The largest absolute Gasteiger partial charge is 0.359 e. The molecule has 0 aliphatic rings. The molecule has 78 valence electrons. The molecule has 1 aromatic rings. The molecule has 2 heteroatoms. The minimum absolute atomic E-state index is 0.0404. The van der Waals surface area contributed by atoms with E-state index in [9.17, 15) is 4.79 Å². The predicted molar refractivity (Wildman–Crippen MR) is 58.7 cm³/mol. The van der Waals surface area contributed by atoms with Crippen molar-refractivity contribution in [1.29, 1.82) is 0 Å². The Bertz CT molecular complexity index is 317. The Hall–Kier alpha value is -1.05. The van der Waals surface area contributed by atoms with E-state index in [1.807, 2.05) is 19.2 Å². The fourth-order valence-electron chi connectivity index (χ4n) is 1.58. The molecule has 1 N–H and O–H groups in total. The van der Waals surface area contributed by atoms with Crippen molar-refractivity contribution < 1.29 is 4.79 Å². The van der Waals surface area contributed by atoms with E-state index in [-0.39, 0.29) is 11.2 Å². The first-order valence-corrected chi connectivity index (χ1v) is 5.18. The zero-order valence-electron chi connectivity index (χ0n) is 9.48. The molecule has 1 heterocycles. The van der Waals surface area contributed by atoms with Gasteiger partial charge in [0.1, 0.15) is 0 Å². The number of carbonyl (C=O) groups excluding carboxylic acids is 1. The Morgan fingerprint density at radius 1 is 1.43 bits per heavy atom. The third kappa shape index (κ3) is 2.25. The summed E-state index contributed by atoms with van der Waals surface area (Å²) in [7, 11) is 0. The minimum Gasteiger partial charge on any atom is -0.359 e. The highest BCUT2D eigenvalue weighted by atomic mass is 16.1. The predicted octanol–water partition coefficient (Wildman–Crippen LogP) is 3.30. The van der Waals surface area contributed by atoms with Gasteiger partial charge in [0, 0.05) is 12.6 Å². The number of carbonyl (C=O) groups is 1. The van der Waals surface area contributed by atoms with Crippen LogP contribution in [0, 0.1) is 0 Å². The maximum Gasteiger partial charge on any atom is 0.179 e. The Morgan fingerprint density at radius 3 is 2.57 bits per heavy atom. The number of ketones is 1. The molecule has 14 heavy (non-hydrogen) atoms. The van der Waals surface area contributed by atoms with E-state index in [0.29, 0.717) is 6.42 Å². The average molecular weight is 193 g/mol. The number of hydrogen-bond donors (Lipinski definition) is 1. The first kappa shape index (κ1) is 11.0. The van der Waals surface area contributed by atoms with Gasteiger partial charge < -0.3 is 4.98 Å². The molecular weight excluding hydrogens is 174 g/mol. The molecule has 0 bridgehead atoms. The van der Waals surface area contributed by atoms with Crippen LogP contribution in [-0.4, -0.2) is 10.8 Å². The Balaban J connectivity index is 2.99. The van der Waals surface area contributed by atoms with Crippen LogP contribution < -0.4 is 0 Å². The van der Waals surface area contributed by atoms with Crippen molar-refractivity contribution in [3.8, 4) is 0 Å². The van der Waals surface area contributed by atoms with Crippen LogP contribution in [0.2, 0.25) is 0 Å². The number of Topliss-reactive ketones (excluding diaryl/α,β-unsaturated/α-hetero) is 1. The van der Waals surface area contributed by atoms with Crippen LogP contribution >= 0.6 is 0 Å². The van der Waals surface area contributed by atoms with Crippen LogP contribution in [0.5, 0.6) is 0 Å². The van der Waals surface area contributed by atoms with Gasteiger partial charge in [0.2, 0.25) is 0 Å². The summed E-state index contributed by atoms with van der Waals surface area (Å²) in [5.41, 5.74) is 1.95. The van der Waals surface area contributed by atoms with Crippen LogP contribution in [0.25, 0.3) is 0 Å². The van der Waals surface area contributed by atoms with Gasteiger partial charge >= 0.3 is 0 Å². The first-order valence-electron chi connectivity index (χ1n) is 5.18. The number of H-pyrrole nitrogens is 1. The van der Waals surface area contributed by atoms with E-state index in [4.69, 9.17) is 0 Å². The van der Waals surface area contributed by atoms with Crippen molar-refractivity contribution in [2.75, 3.05) is 0 Å². The van der Waals surface area contributed by atoms with Gasteiger partial charge in [0.05, 0.1) is 5.69 Å². The summed E-state index contributed by atoms with van der Waals surface area (Å²) < 4.78 is 0. The molecule has 0 atom stereocenters. The quantitative estimate of drug-likeness (QED) is 0.734. The summed E-state index contributed by atoms with van der Waals surface area (Å²) >= 11 is 0. The molecule has 0 saturated heterocycles. The van der Waals surface area contributed by atoms with E-state index in [2.05, 4.69) is 25.8 Å². The van der Waals surface area contributed by atoms with Crippen molar-refractivity contribution in [2.45, 2.75) is 46.0 Å². The smallest absolute Gasteiger partial charge is 0.179 e. The van der Waals surface area contributed by atoms with Gasteiger partial charge in [-0.1, -0.05) is 27.7 Å². The zero-order chi connectivity index (χ0) is 10.8. The monoisotopic (exact) mass is 193 g/mol. The van der Waals surface area contributed by atoms with Gasteiger partial charge in [0.15, 0.2) is 5.78 Å². The summed E-state index contributed by atoms with van der Waals surface area (Å²) in [6.45, 7) is 8.40. The van der Waals surface area contributed by atoms with Crippen LogP contribution in [0.3, 0.4) is 0 Å². The van der Waals surface area contributed by atoms with E-state index in [0.717, 1.165) is 17.7 Å². The summed E-state index contributed by atoms with van der Waals surface area (Å²) in [5.74, 6) is 0.224. The number of aromatic nitrogens is 1. The fraction of sp³-hybridized carbons (Fsp3) is 0.583. The second-order valence-corrected chi connectivity index (χ2v) is 4.69. The summed E-state index contributed by atoms with van der Waals surface area (Å²) in [5, 5.41) is 0. The first-order chi connectivity index (χ1) is 6.46. The summed E-state index contributed by atoms with van der Waals surface area (Å²) in [6, 6.07) is 2.00. The van der Waals surface area contributed by atoms with Crippen LogP contribution in [0.4, 0.5) is 0 Å². The van der Waals surface area contributed by atoms with E-state index in [1.54, 1.807) is 0 Å². The molecule has 0 aliphatic carbocycles. The van der Waals surface area contributed by atoms with Crippen LogP contribution in [0.1, 0.15) is 56.6 Å². The van der Waals surface area contributed by atoms with E-state index < -0.39 is 0 Å². The number of hydrogen-bond acceptors (Lipinski definition) is 1. The second kappa shape index (κ2) is 3.99. The van der Waals surface area contributed by atoms with Crippen molar-refractivity contribution in [1.82, 2.24) is 4.98 Å². The lowest BCUT2D eigenvalue weighted by Gasteiger charge is -2.18. The molecule has 0 aromatic carbocycles. The maximum atomic E-state index is 11.7. The zero-order valence-corrected chi connectivity index (χ0v) is 9.48. The van der Waals surface area contributed by atoms with Crippen LogP contribution in [0.15, 0.2) is 12.3 Å². The highest BCUT2D eigenvalue weighted by Crippen LogP contribution is 2.26. The van der Waals surface area contributed by atoms with Gasteiger partial charge in [-0.3, -0.25) is 4.79 Å². The lowest BCUT2D eigenvalue weighted by Crippen LogP contribution is -2.15. The Morgan fingerprint density at radius 2 is 2.07 bits per heavy atom. The summed E-state index contributed by atoms with van der Waals surface area (Å²) in [4.78, 5) is 14.8. The number of aromatic amines is 1. The topological polar surface area (TPSA) is 32.9 Å². The normalized spacial score (nSPS) is 11.7. The molecule has 0 amide bonds. The fourth-order valence-corrected chi connectivity index (χ4v) is 1.58. The van der Waals surface area contributed by atoms with Crippen molar-refractivity contribution >= 4 is 5.78 Å². The maximum absolute atomic E-state index is 11.7. The molecule has 0 unspecified atom stereocenters. The summed E-state index contributed by atoms with van der Waals surface area (Å²) in [6.07, 6.45) is 3.38. The molecule has 2 nitrogen and oxygen atoms in total. The van der Waals surface area contributed by atoms with Gasteiger partial charge in [-0.2, -0.15) is 0 Å². The van der Waals surface area contributed by atoms with Crippen LogP contribution in [-0.2, 0) is 5.41 Å². The van der Waals surface area contributed by atoms with E-state index in [1.165, 1.54) is 0 Å². The standard InChI is InChI=1S/C12H19NO/c1-5-6-10(14)11-9(7-8-13-11)12(2,3)4/h7-8,13H,5-6H2,1-4H3. The molecule has 1 rings (SSSR count). The van der Waals surface area contributed by atoms with Crippen molar-refractivity contribution in [2.24, 2.45) is 0 Å². The number of rotatable bonds is 3. The van der Waals surface area contributed by atoms with Gasteiger partial charge in [-0.05, 0) is 23.5 Å². The highest BCUT2D eigenvalue weighted by Gasteiger charge is 2.21. The average Bonchev–Trinajstić information content (AvgIpc) is 2.50.